The first kappa shape index (κ1) is 16.0. The average Bonchev–Trinajstić information content (AvgIpc) is 2.91. The van der Waals surface area contributed by atoms with Crippen LogP contribution in [0.3, 0.4) is 0 Å². The molecule has 0 radical (unpaired) electrons. The third-order valence-electron chi connectivity index (χ3n) is 3.56. The normalized spacial score (nSPS) is 12.6. The summed E-state index contributed by atoms with van der Waals surface area (Å²) in [4.78, 5) is 4.39. The molecule has 1 heterocycles. The lowest BCUT2D eigenvalue weighted by Gasteiger charge is -2.19. The second-order valence-corrected chi connectivity index (χ2v) is 5.41. The summed E-state index contributed by atoms with van der Waals surface area (Å²) in [5, 5.41) is 3.58. The molecule has 1 atom stereocenters. The molecule has 0 amide bonds. The van der Waals surface area contributed by atoms with Crippen molar-refractivity contribution in [1.82, 2.24) is 14.9 Å². The van der Waals surface area contributed by atoms with Crippen LogP contribution in [0.25, 0.3) is 0 Å². The van der Waals surface area contributed by atoms with Crippen molar-refractivity contribution in [3.8, 4) is 0 Å². The van der Waals surface area contributed by atoms with Crippen LogP contribution in [0, 0.1) is 5.82 Å². The molecule has 3 nitrogen and oxygen atoms in total. The largest absolute Gasteiger partial charge is 0.335 e. The van der Waals surface area contributed by atoms with Crippen molar-refractivity contribution in [2.24, 2.45) is 0 Å². The number of likely N-dealkylation sites (N-methyl/N-ethyl adjacent to an activating group) is 1. The first-order valence-electron chi connectivity index (χ1n) is 7.32. The Kier molecular flexibility index (Phi) is 5.76. The maximum atomic E-state index is 14.0. The van der Waals surface area contributed by atoms with Crippen LogP contribution >= 0.6 is 11.6 Å². The number of nitrogens with zero attached hydrogens (tertiary/aromatic N) is 2. The van der Waals surface area contributed by atoms with Gasteiger partial charge in [-0.05, 0) is 31.5 Å². The van der Waals surface area contributed by atoms with Gasteiger partial charge < -0.3 is 9.88 Å². The van der Waals surface area contributed by atoms with Gasteiger partial charge in [0.1, 0.15) is 11.6 Å². The number of hydrogen-bond acceptors (Lipinski definition) is 2. The highest BCUT2D eigenvalue weighted by Crippen LogP contribution is 2.19. The number of aryl methyl sites for hydroxylation is 1. The summed E-state index contributed by atoms with van der Waals surface area (Å²) in [6, 6.07) is 5.29. The van der Waals surface area contributed by atoms with Crippen molar-refractivity contribution in [1.29, 1.82) is 0 Å². The summed E-state index contributed by atoms with van der Waals surface area (Å²) in [6.07, 6.45) is 5.14. The molecule has 1 unspecified atom stereocenters. The van der Waals surface area contributed by atoms with Gasteiger partial charge in [0, 0.05) is 31.4 Å². The van der Waals surface area contributed by atoms with Gasteiger partial charge in [-0.25, -0.2) is 9.37 Å². The fraction of sp³-hybridized carbons (Fsp3) is 0.438. The summed E-state index contributed by atoms with van der Waals surface area (Å²) in [6.45, 7) is 5.86. The van der Waals surface area contributed by atoms with E-state index in [0.717, 1.165) is 25.3 Å². The summed E-state index contributed by atoms with van der Waals surface area (Å²) >= 11 is 5.85. The Hall–Kier alpha value is -1.39. The summed E-state index contributed by atoms with van der Waals surface area (Å²) in [5.74, 6) is 0.701. The van der Waals surface area contributed by atoms with E-state index < -0.39 is 0 Å². The molecule has 5 heteroatoms. The van der Waals surface area contributed by atoms with Crippen molar-refractivity contribution in [3.05, 3.63) is 52.8 Å². The molecule has 0 aliphatic heterocycles. The van der Waals surface area contributed by atoms with E-state index in [1.165, 1.54) is 0 Å². The second kappa shape index (κ2) is 7.57. The highest BCUT2D eigenvalue weighted by molar-refractivity contribution is 6.30. The molecule has 1 aromatic heterocycles. The quantitative estimate of drug-likeness (QED) is 0.849. The number of imidazole rings is 1. The molecule has 0 saturated carbocycles. The lowest BCUT2D eigenvalue weighted by Crippen LogP contribution is -2.34. The molecular weight excluding hydrogens is 289 g/mol. The highest BCUT2D eigenvalue weighted by atomic mass is 35.5. The van der Waals surface area contributed by atoms with Gasteiger partial charge in [0.2, 0.25) is 0 Å². The molecule has 114 valence electrons. The maximum absolute atomic E-state index is 14.0. The van der Waals surface area contributed by atoms with Gasteiger partial charge in [-0.2, -0.15) is 0 Å². The zero-order valence-electron chi connectivity index (χ0n) is 12.4. The minimum absolute atomic E-state index is 0.135. The Bertz CT molecular complexity index is 583. The van der Waals surface area contributed by atoms with Crippen LogP contribution in [0.5, 0.6) is 0 Å². The van der Waals surface area contributed by atoms with E-state index >= 15 is 0 Å². The lowest BCUT2D eigenvalue weighted by atomic mass is 10.0. The molecule has 0 saturated heterocycles. The van der Waals surface area contributed by atoms with Gasteiger partial charge in [0.25, 0.3) is 0 Å². The van der Waals surface area contributed by atoms with E-state index in [9.17, 15) is 4.39 Å². The zero-order chi connectivity index (χ0) is 15.2. The van der Waals surface area contributed by atoms with E-state index in [4.69, 9.17) is 11.6 Å². The molecule has 21 heavy (non-hydrogen) atoms. The summed E-state index contributed by atoms with van der Waals surface area (Å²) < 4.78 is 16.2. The van der Waals surface area contributed by atoms with Crippen molar-refractivity contribution in [3.63, 3.8) is 0 Å². The smallest absolute Gasteiger partial charge is 0.145 e. The zero-order valence-corrected chi connectivity index (χ0v) is 13.2. The maximum Gasteiger partial charge on any atom is 0.145 e. The fourth-order valence-corrected chi connectivity index (χ4v) is 2.71. The number of halogens is 2. The van der Waals surface area contributed by atoms with E-state index in [0.29, 0.717) is 12.0 Å². The van der Waals surface area contributed by atoms with Gasteiger partial charge >= 0.3 is 0 Å². The standard InChI is InChI=1S/C16H21ClFN3/c1-3-19-13(11-15-20-8-9-21(15)4-2)10-12-6-5-7-14(17)16(12)18/h5-9,13,19H,3-4,10-11H2,1-2H3. The SMILES string of the molecule is CCNC(Cc1cccc(Cl)c1F)Cc1nccn1CC. The predicted octanol–water partition coefficient (Wildman–Crippen LogP) is 3.46. The number of benzene rings is 1. The number of aromatic nitrogens is 2. The van der Waals surface area contributed by atoms with Gasteiger partial charge in [-0.15, -0.1) is 0 Å². The van der Waals surface area contributed by atoms with Crippen molar-refractivity contribution in [2.45, 2.75) is 39.3 Å². The molecule has 2 rings (SSSR count). The third kappa shape index (κ3) is 4.05. The first-order valence-corrected chi connectivity index (χ1v) is 7.69. The molecule has 0 aliphatic carbocycles. The average molecular weight is 310 g/mol. The van der Waals surface area contributed by atoms with E-state index in [1.54, 1.807) is 18.2 Å². The van der Waals surface area contributed by atoms with Crippen LogP contribution < -0.4 is 5.32 Å². The van der Waals surface area contributed by atoms with E-state index in [1.807, 2.05) is 19.3 Å². The molecule has 2 aromatic rings. The van der Waals surface area contributed by atoms with Crippen LogP contribution in [-0.4, -0.2) is 22.1 Å². The van der Waals surface area contributed by atoms with Gasteiger partial charge in [-0.1, -0.05) is 30.7 Å². The molecule has 1 aromatic carbocycles. The molecule has 0 spiro atoms. The first-order chi connectivity index (χ1) is 10.2. The van der Waals surface area contributed by atoms with Crippen LogP contribution in [0.4, 0.5) is 4.39 Å². The highest BCUT2D eigenvalue weighted by Gasteiger charge is 2.16. The van der Waals surface area contributed by atoms with Crippen LogP contribution in [0.2, 0.25) is 5.02 Å². The Labute approximate surface area is 130 Å². The second-order valence-electron chi connectivity index (χ2n) is 5.01. The molecule has 0 bridgehead atoms. The number of hydrogen-bond donors (Lipinski definition) is 1. The Morgan fingerprint density at radius 3 is 2.86 bits per heavy atom. The Morgan fingerprint density at radius 1 is 1.33 bits per heavy atom. The minimum Gasteiger partial charge on any atom is -0.335 e. The monoisotopic (exact) mass is 309 g/mol. The number of rotatable bonds is 7. The predicted molar refractivity (Wildman–Crippen MR) is 84.2 cm³/mol. The van der Waals surface area contributed by atoms with Crippen LogP contribution in [0.1, 0.15) is 25.2 Å². The van der Waals surface area contributed by atoms with E-state index in [-0.39, 0.29) is 16.9 Å². The van der Waals surface area contributed by atoms with Crippen LogP contribution in [0.15, 0.2) is 30.6 Å². The van der Waals surface area contributed by atoms with Gasteiger partial charge in [0.05, 0.1) is 5.02 Å². The summed E-state index contributed by atoms with van der Waals surface area (Å²) in [7, 11) is 0. The third-order valence-corrected chi connectivity index (χ3v) is 3.85. The van der Waals surface area contributed by atoms with Crippen molar-refractivity contribution < 1.29 is 4.39 Å². The molecular formula is C16H21ClFN3. The molecule has 0 aliphatic rings. The summed E-state index contributed by atoms with van der Waals surface area (Å²) in [5.41, 5.74) is 0.642. The fourth-order valence-electron chi connectivity index (χ4n) is 2.52. The Balaban J connectivity index is 2.14. The lowest BCUT2D eigenvalue weighted by molar-refractivity contribution is 0.487. The Morgan fingerprint density at radius 2 is 2.14 bits per heavy atom. The minimum atomic E-state index is -0.319. The molecule has 0 fully saturated rings. The molecule has 1 N–H and O–H groups in total. The van der Waals surface area contributed by atoms with E-state index in [2.05, 4.69) is 21.8 Å². The van der Waals surface area contributed by atoms with Crippen molar-refractivity contribution in [2.75, 3.05) is 6.54 Å². The number of nitrogens with one attached hydrogen (secondary N) is 1. The topological polar surface area (TPSA) is 29.9 Å². The van der Waals surface area contributed by atoms with Crippen LogP contribution in [-0.2, 0) is 19.4 Å². The van der Waals surface area contributed by atoms with Crippen molar-refractivity contribution >= 4 is 11.6 Å². The van der Waals surface area contributed by atoms with Gasteiger partial charge in [-0.3, -0.25) is 0 Å². The van der Waals surface area contributed by atoms with Gasteiger partial charge in [0.15, 0.2) is 0 Å².